The number of esters is 3. The zero-order valence-corrected chi connectivity index (χ0v) is 38.8. The molecule has 1 saturated heterocycles. The number of carbonyl (C=O) groups excluding carboxylic acids is 3. The van der Waals surface area contributed by atoms with Gasteiger partial charge in [0.1, 0.15) is 11.2 Å². The highest BCUT2D eigenvalue weighted by Crippen LogP contribution is 2.68. The molecule has 3 aromatic rings. The Morgan fingerprint density at radius 1 is 0.925 bits per heavy atom. The number of carboxylic acids is 2. The fraction of sp³-hybridized carbons (Fsp3) is 0.531. The van der Waals surface area contributed by atoms with Crippen molar-refractivity contribution in [3.63, 3.8) is 0 Å². The van der Waals surface area contributed by atoms with Crippen molar-refractivity contribution in [1.29, 1.82) is 0 Å². The zero-order chi connectivity index (χ0) is 48.5. The topological polar surface area (TPSA) is 249 Å². The second-order valence-electron chi connectivity index (χ2n) is 18.7. The summed E-state index contributed by atoms with van der Waals surface area (Å²) in [6.45, 7) is 9.19. The Bertz CT molecular complexity index is 2560. The molecule has 18 heteroatoms. The predicted molar refractivity (Wildman–Crippen MR) is 241 cm³/mol. The maximum Gasteiger partial charge on any atom is 0.344 e. The van der Waals surface area contributed by atoms with Crippen molar-refractivity contribution < 1.29 is 68.5 Å². The highest BCUT2D eigenvalue weighted by Gasteiger charge is 2.80. The minimum Gasteiger partial charge on any atom is -0.496 e. The second kappa shape index (κ2) is 17.4. The number of aliphatic carboxylic acids is 2. The molecule has 2 fully saturated rings. The van der Waals surface area contributed by atoms with E-state index in [1.165, 1.54) is 26.7 Å². The standard InChI is InChI=1S/C45H54N4O8.C4H6O6/c1-8-27-19-28-22-44(40(51)55-6,36-30(25-48(23-27)24-28)29-13-10-11-14-33(29)46-36)32-20-31-34(21-35(32)54-5)47(4)38-43(31)16-18-49-17-12-15-42(9-2,37(43)49)39(57-26(3)50)45(38,53)41(52)56-7;5-1(3(7)8)2(6)4(9)10/h10-15,19-21,28,37-39,46,53H,8-9,16-18,22-25H2,1-7H3;1-2,5-6H,(H,7,8)(H,9,10)/t28?,37?,38?,39?,42-,43-,44+,45+;/m1./s1. The van der Waals surface area contributed by atoms with Crippen molar-refractivity contribution in [1.82, 2.24) is 14.8 Å². The Hall–Kier alpha value is -5.79. The molecule has 5 aliphatic heterocycles. The Kier molecular flexibility index (Phi) is 12.4. The van der Waals surface area contributed by atoms with Crippen molar-refractivity contribution >= 4 is 46.4 Å². The first-order valence-electron chi connectivity index (χ1n) is 22.6. The van der Waals surface area contributed by atoms with Gasteiger partial charge in [-0.05, 0) is 61.4 Å². The van der Waals surface area contributed by atoms with Gasteiger partial charge in [-0.3, -0.25) is 19.4 Å². The number of hydrogen-bond acceptors (Lipinski definition) is 15. The van der Waals surface area contributed by atoms with Gasteiger partial charge in [-0.25, -0.2) is 14.4 Å². The van der Waals surface area contributed by atoms with Crippen LogP contribution in [0.15, 0.2) is 60.2 Å². The average molecular weight is 929 g/mol. The first-order valence-corrected chi connectivity index (χ1v) is 22.6. The van der Waals surface area contributed by atoms with Gasteiger partial charge in [-0.2, -0.15) is 0 Å². The number of nitrogens with zero attached hydrogens (tertiary/aromatic N) is 3. The first-order chi connectivity index (χ1) is 31.8. The minimum atomic E-state index is -2.27. The largest absolute Gasteiger partial charge is 0.496 e. The summed E-state index contributed by atoms with van der Waals surface area (Å²) >= 11 is 0. The summed E-state index contributed by atoms with van der Waals surface area (Å²) in [7, 11) is 6.22. The quantitative estimate of drug-likeness (QED) is 0.0972. The minimum absolute atomic E-state index is 0.0284. The number of ether oxygens (including phenoxy) is 4. The summed E-state index contributed by atoms with van der Waals surface area (Å²) < 4.78 is 23.9. The highest BCUT2D eigenvalue weighted by molar-refractivity contribution is 5.95. The number of nitrogens with one attached hydrogen (secondary N) is 1. The van der Waals surface area contributed by atoms with Gasteiger partial charge in [0.05, 0.1) is 27.4 Å². The van der Waals surface area contributed by atoms with E-state index >= 15 is 4.79 Å². The Morgan fingerprint density at radius 2 is 1.61 bits per heavy atom. The van der Waals surface area contributed by atoms with E-state index in [9.17, 15) is 24.3 Å². The van der Waals surface area contributed by atoms with Gasteiger partial charge >= 0.3 is 29.8 Å². The number of anilines is 1. The highest BCUT2D eigenvalue weighted by atomic mass is 16.6. The molecule has 18 nitrogen and oxygen atoms in total. The lowest BCUT2D eigenvalue weighted by molar-refractivity contribution is -0.228. The van der Waals surface area contributed by atoms with Crippen LogP contribution >= 0.6 is 0 Å². The lowest BCUT2D eigenvalue weighted by Gasteiger charge is -2.63. The van der Waals surface area contributed by atoms with Crippen LogP contribution in [-0.4, -0.2) is 161 Å². The number of fused-ring (bicyclic) bond motifs is 6. The van der Waals surface area contributed by atoms with E-state index in [1.807, 2.05) is 37.1 Å². The van der Waals surface area contributed by atoms with Crippen molar-refractivity contribution in [2.75, 3.05) is 59.5 Å². The molecule has 67 heavy (non-hydrogen) atoms. The van der Waals surface area contributed by atoms with Crippen molar-refractivity contribution in [3.8, 4) is 5.75 Å². The number of aliphatic hydroxyl groups excluding tert-OH is 2. The zero-order valence-electron chi connectivity index (χ0n) is 38.8. The number of para-hydroxylation sites is 1. The number of rotatable bonds is 10. The summed E-state index contributed by atoms with van der Waals surface area (Å²) in [6.07, 6.45) is 3.14. The van der Waals surface area contributed by atoms with Gasteiger partial charge in [0, 0.05) is 90.9 Å². The first kappa shape index (κ1) is 47.7. The van der Waals surface area contributed by atoms with Gasteiger partial charge in [0.15, 0.2) is 18.3 Å². The molecular weight excluding hydrogens is 869 g/mol. The van der Waals surface area contributed by atoms with Gasteiger partial charge in [0.2, 0.25) is 5.60 Å². The summed E-state index contributed by atoms with van der Waals surface area (Å²) in [5.74, 6) is -4.85. The summed E-state index contributed by atoms with van der Waals surface area (Å²) in [4.78, 5) is 72.7. The Labute approximate surface area is 387 Å². The molecule has 1 aliphatic carbocycles. The third-order valence-corrected chi connectivity index (χ3v) is 15.6. The van der Waals surface area contributed by atoms with Gasteiger partial charge in [-0.1, -0.05) is 55.8 Å². The summed E-state index contributed by atoms with van der Waals surface area (Å²) in [6, 6.07) is 11.2. The molecule has 7 unspecified atom stereocenters. The fourth-order valence-corrected chi connectivity index (χ4v) is 13.1. The number of carboxylic acid groups (broad SMARTS) is 2. The molecule has 1 spiro atoms. The second-order valence-corrected chi connectivity index (χ2v) is 18.7. The molecule has 2 bridgehead atoms. The lowest BCUT2D eigenvalue weighted by Crippen LogP contribution is -2.81. The molecule has 9 rings (SSSR count). The molecule has 11 atom stereocenters. The van der Waals surface area contributed by atoms with E-state index in [2.05, 4.69) is 58.1 Å². The van der Waals surface area contributed by atoms with Crippen LogP contribution in [0.3, 0.4) is 0 Å². The number of aromatic amines is 1. The molecule has 2 aromatic carbocycles. The third-order valence-electron chi connectivity index (χ3n) is 15.6. The van der Waals surface area contributed by atoms with Crippen molar-refractivity contribution in [3.05, 3.63) is 82.6 Å². The molecule has 6 aliphatic rings. The van der Waals surface area contributed by atoms with Gasteiger partial charge < -0.3 is 54.4 Å². The van der Waals surface area contributed by atoms with Crippen LogP contribution in [0.4, 0.5) is 5.69 Å². The Morgan fingerprint density at radius 3 is 2.22 bits per heavy atom. The van der Waals surface area contributed by atoms with E-state index in [0.29, 0.717) is 50.2 Å². The number of hydrogen-bond donors (Lipinski definition) is 6. The van der Waals surface area contributed by atoms with Crippen LogP contribution in [0, 0.1) is 11.3 Å². The van der Waals surface area contributed by atoms with E-state index < -0.39 is 70.1 Å². The van der Waals surface area contributed by atoms with Crippen LogP contribution in [0.25, 0.3) is 10.9 Å². The number of carbonyl (C=O) groups is 5. The molecule has 0 radical (unpaired) electrons. The predicted octanol–water partition coefficient (Wildman–Crippen LogP) is 2.63. The van der Waals surface area contributed by atoms with Crippen LogP contribution < -0.4 is 9.64 Å². The van der Waals surface area contributed by atoms with E-state index in [-0.39, 0.29) is 17.9 Å². The van der Waals surface area contributed by atoms with Gasteiger partial charge in [-0.15, -0.1) is 0 Å². The third kappa shape index (κ3) is 6.88. The number of likely N-dealkylation sites (N-methyl/N-ethyl adjacent to an activating group) is 1. The van der Waals surface area contributed by atoms with Crippen LogP contribution in [0.5, 0.6) is 5.75 Å². The van der Waals surface area contributed by atoms with Crippen LogP contribution in [-0.2, 0) is 55.6 Å². The molecular formula is C49H60N4O14. The smallest absolute Gasteiger partial charge is 0.344 e. The summed E-state index contributed by atoms with van der Waals surface area (Å²) in [5.41, 5.74) is 1.05. The maximum absolute atomic E-state index is 15.2. The number of aliphatic hydroxyl groups is 3. The van der Waals surface area contributed by atoms with Crippen LogP contribution in [0.1, 0.15) is 68.8 Å². The van der Waals surface area contributed by atoms with Crippen molar-refractivity contribution in [2.24, 2.45) is 11.3 Å². The maximum atomic E-state index is 15.2. The molecule has 6 heterocycles. The van der Waals surface area contributed by atoms with Gasteiger partial charge in [0.25, 0.3) is 0 Å². The molecule has 1 aromatic heterocycles. The SMILES string of the molecule is CCC1=CC2CN(C1)Cc1c([nH]c3ccccc13)[C@@](C(=O)OC)(c1cc3c(cc1OC)N(C)C1[C@@](O)(C(=O)OC)C(OC(C)=O)[C@]4(CC)C=CCN5CC[C@]31C54)C2.O=C(O)C(O)C(O)C(=O)O. The lowest BCUT2D eigenvalue weighted by atomic mass is 9.47. The summed E-state index contributed by atoms with van der Waals surface area (Å²) in [5, 5.41) is 46.9. The normalized spacial score (nSPS) is 32.1. The monoisotopic (exact) mass is 928 g/mol. The number of H-pyrrole nitrogens is 1. The van der Waals surface area contributed by atoms with Crippen LogP contribution in [0.2, 0.25) is 0 Å². The fourth-order valence-electron chi connectivity index (χ4n) is 13.1. The average Bonchev–Trinajstić information content (AvgIpc) is 3.97. The molecule has 1 saturated carbocycles. The molecule has 360 valence electrons. The molecule has 0 amide bonds. The van der Waals surface area contributed by atoms with E-state index in [1.54, 1.807) is 7.11 Å². The number of methoxy groups -OCH3 is 3. The van der Waals surface area contributed by atoms with E-state index in [4.69, 9.17) is 39.4 Å². The Balaban J connectivity index is 0.000000547. The number of aromatic nitrogens is 1. The molecule has 6 N–H and O–H groups in total. The van der Waals surface area contributed by atoms with E-state index in [0.717, 1.165) is 52.9 Å². The van der Waals surface area contributed by atoms with Crippen molar-refractivity contribution in [2.45, 2.75) is 99.8 Å². The number of benzene rings is 2.